The lowest BCUT2D eigenvalue weighted by Crippen LogP contribution is -2.68. The minimum absolute atomic E-state index is 0.165. The number of nitrogens with zero attached hydrogens (tertiary/aromatic N) is 3. The van der Waals surface area contributed by atoms with Crippen molar-refractivity contribution in [1.82, 2.24) is 10.2 Å². The van der Waals surface area contributed by atoms with Crippen LogP contribution >= 0.6 is 23.2 Å². The van der Waals surface area contributed by atoms with Gasteiger partial charge in [0.15, 0.2) is 10.3 Å². The molecule has 1 aromatic heterocycles. The van der Waals surface area contributed by atoms with Crippen LogP contribution in [0.3, 0.4) is 0 Å². The molecule has 3 rings (SSSR count). The fraction of sp³-hybridized carbons (Fsp3) is 0.636. The lowest BCUT2D eigenvalue weighted by molar-refractivity contribution is -0.227. The van der Waals surface area contributed by atoms with Crippen molar-refractivity contribution in [3.8, 4) is 0 Å². The zero-order chi connectivity index (χ0) is 12.8. The second-order valence-corrected chi connectivity index (χ2v) is 5.36. The van der Waals surface area contributed by atoms with E-state index < -0.39 is 0 Å². The average molecular weight is 290 g/mol. The Morgan fingerprint density at radius 1 is 1.39 bits per heavy atom. The zero-order valence-corrected chi connectivity index (χ0v) is 11.4. The lowest BCUT2D eigenvalue weighted by atomic mass is 9.90. The minimum atomic E-state index is -0.225. The molecule has 1 spiro atoms. The van der Waals surface area contributed by atoms with E-state index in [0.717, 1.165) is 12.2 Å². The largest absolute Gasteiger partial charge is 0.375 e. The van der Waals surface area contributed by atoms with Crippen LogP contribution in [0, 0.1) is 0 Å². The van der Waals surface area contributed by atoms with Crippen LogP contribution in [0.25, 0.3) is 0 Å². The summed E-state index contributed by atoms with van der Waals surface area (Å²) in [6.07, 6.45) is 0. The summed E-state index contributed by atoms with van der Waals surface area (Å²) in [5.74, 6) is 0. The van der Waals surface area contributed by atoms with Crippen molar-refractivity contribution in [2.75, 3.05) is 31.3 Å². The molecule has 1 unspecified atom stereocenters. The maximum absolute atomic E-state index is 6.10. The predicted molar refractivity (Wildman–Crippen MR) is 68.4 cm³/mol. The van der Waals surface area contributed by atoms with Gasteiger partial charge in [-0.3, -0.25) is 0 Å². The van der Waals surface area contributed by atoms with E-state index in [1.165, 1.54) is 0 Å². The number of hydrogen-bond acceptors (Lipinski definition) is 5. The molecule has 1 aromatic rings. The highest BCUT2D eigenvalue weighted by molar-refractivity contribution is 6.33. The summed E-state index contributed by atoms with van der Waals surface area (Å²) in [5.41, 5.74) is 0.580. The van der Waals surface area contributed by atoms with Gasteiger partial charge in [0.25, 0.3) is 0 Å². The second kappa shape index (κ2) is 4.49. The predicted octanol–water partition coefficient (Wildman–Crippen LogP) is 1.78. The monoisotopic (exact) mass is 289 g/mol. The summed E-state index contributed by atoms with van der Waals surface area (Å²) >= 11 is 12.0. The van der Waals surface area contributed by atoms with Gasteiger partial charge in [0, 0.05) is 12.6 Å². The number of halogens is 2. The molecule has 5 nitrogen and oxygen atoms in total. The molecule has 0 N–H and O–H groups in total. The van der Waals surface area contributed by atoms with Crippen LogP contribution in [0.1, 0.15) is 6.92 Å². The molecule has 7 heteroatoms. The van der Waals surface area contributed by atoms with Crippen molar-refractivity contribution in [2.24, 2.45) is 0 Å². The van der Waals surface area contributed by atoms with Gasteiger partial charge in [-0.05, 0) is 6.92 Å². The Bertz CT molecular complexity index is 468. The van der Waals surface area contributed by atoms with Crippen LogP contribution in [-0.4, -0.2) is 48.2 Å². The SMILES string of the molecule is CC1N(c2cc(Cl)nnc2Cl)CCOC12COC2. The third-order valence-electron chi connectivity index (χ3n) is 3.65. The number of anilines is 1. The topological polar surface area (TPSA) is 47.5 Å². The first-order valence-electron chi connectivity index (χ1n) is 5.79. The Labute approximate surface area is 115 Å². The summed E-state index contributed by atoms with van der Waals surface area (Å²) in [6.45, 7) is 4.74. The van der Waals surface area contributed by atoms with E-state index in [9.17, 15) is 0 Å². The van der Waals surface area contributed by atoms with E-state index in [4.69, 9.17) is 32.7 Å². The average Bonchev–Trinajstić information content (AvgIpc) is 2.31. The van der Waals surface area contributed by atoms with E-state index in [1.807, 2.05) is 0 Å². The highest BCUT2D eigenvalue weighted by Gasteiger charge is 2.50. The van der Waals surface area contributed by atoms with Gasteiger partial charge in [0.05, 0.1) is 31.5 Å². The van der Waals surface area contributed by atoms with E-state index in [-0.39, 0.29) is 11.6 Å². The van der Waals surface area contributed by atoms with Crippen LogP contribution in [-0.2, 0) is 9.47 Å². The van der Waals surface area contributed by atoms with Gasteiger partial charge in [-0.25, -0.2) is 0 Å². The lowest BCUT2D eigenvalue weighted by Gasteiger charge is -2.53. The molecular formula is C11H13Cl2N3O2. The van der Waals surface area contributed by atoms with Gasteiger partial charge in [-0.2, -0.15) is 0 Å². The van der Waals surface area contributed by atoms with Crippen LogP contribution in [0.5, 0.6) is 0 Å². The number of aromatic nitrogens is 2. The molecule has 18 heavy (non-hydrogen) atoms. The number of rotatable bonds is 1. The van der Waals surface area contributed by atoms with E-state index in [1.54, 1.807) is 6.07 Å². The molecular weight excluding hydrogens is 277 g/mol. The normalized spacial score (nSPS) is 26.2. The van der Waals surface area contributed by atoms with Crippen LogP contribution in [0.2, 0.25) is 10.3 Å². The van der Waals surface area contributed by atoms with Crippen molar-refractivity contribution in [3.63, 3.8) is 0 Å². The quantitative estimate of drug-likeness (QED) is 0.789. The molecule has 1 atom stereocenters. The van der Waals surface area contributed by atoms with Crippen molar-refractivity contribution >= 4 is 28.9 Å². The molecule has 2 aliphatic rings. The van der Waals surface area contributed by atoms with Crippen molar-refractivity contribution in [2.45, 2.75) is 18.6 Å². The Morgan fingerprint density at radius 3 is 2.83 bits per heavy atom. The summed E-state index contributed by atoms with van der Waals surface area (Å²) in [6, 6.07) is 1.91. The number of hydrogen-bond donors (Lipinski definition) is 0. The fourth-order valence-corrected chi connectivity index (χ4v) is 2.79. The van der Waals surface area contributed by atoms with Gasteiger partial charge < -0.3 is 14.4 Å². The summed E-state index contributed by atoms with van der Waals surface area (Å²) in [4.78, 5) is 2.16. The highest BCUT2D eigenvalue weighted by Crippen LogP contribution is 2.37. The third-order valence-corrected chi connectivity index (χ3v) is 4.11. The van der Waals surface area contributed by atoms with Gasteiger partial charge in [0.1, 0.15) is 5.60 Å². The molecule has 0 aliphatic carbocycles. The highest BCUT2D eigenvalue weighted by atomic mass is 35.5. The Balaban J connectivity index is 1.93. The maximum atomic E-state index is 6.10. The molecule has 3 heterocycles. The molecule has 0 bridgehead atoms. The van der Waals surface area contributed by atoms with Gasteiger partial charge in [-0.15, -0.1) is 10.2 Å². The van der Waals surface area contributed by atoms with Crippen molar-refractivity contribution < 1.29 is 9.47 Å². The molecule has 0 aromatic carbocycles. The molecule has 2 aliphatic heterocycles. The molecule has 2 fully saturated rings. The minimum Gasteiger partial charge on any atom is -0.375 e. The zero-order valence-electron chi connectivity index (χ0n) is 9.90. The van der Waals surface area contributed by atoms with E-state index in [2.05, 4.69) is 22.0 Å². The summed E-state index contributed by atoms with van der Waals surface area (Å²) in [7, 11) is 0. The smallest absolute Gasteiger partial charge is 0.175 e. The number of ether oxygens (including phenoxy) is 2. The van der Waals surface area contributed by atoms with Crippen LogP contribution < -0.4 is 4.90 Å². The van der Waals surface area contributed by atoms with Crippen LogP contribution in [0.4, 0.5) is 5.69 Å². The molecule has 98 valence electrons. The van der Waals surface area contributed by atoms with E-state index in [0.29, 0.717) is 30.1 Å². The molecule has 0 saturated carbocycles. The van der Waals surface area contributed by atoms with Gasteiger partial charge >= 0.3 is 0 Å². The van der Waals surface area contributed by atoms with Gasteiger partial charge in [-0.1, -0.05) is 23.2 Å². The van der Waals surface area contributed by atoms with Crippen LogP contribution in [0.15, 0.2) is 6.07 Å². The summed E-state index contributed by atoms with van der Waals surface area (Å²) in [5, 5.41) is 8.28. The Morgan fingerprint density at radius 2 is 2.17 bits per heavy atom. The first kappa shape index (κ1) is 12.4. The maximum Gasteiger partial charge on any atom is 0.175 e. The first-order valence-corrected chi connectivity index (χ1v) is 6.55. The first-order chi connectivity index (χ1) is 8.62. The van der Waals surface area contributed by atoms with Gasteiger partial charge in [0.2, 0.25) is 0 Å². The third kappa shape index (κ3) is 1.86. The van der Waals surface area contributed by atoms with E-state index >= 15 is 0 Å². The molecule has 0 radical (unpaired) electrons. The Hall–Kier alpha value is -0.620. The van der Waals surface area contributed by atoms with Crippen molar-refractivity contribution in [3.05, 3.63) is 16.4 Å². The number of morpholine rings is 1. The summed E-state index contributed by atoms with van der Waals surface area (Å²) < 4.78 is 11.1. The standard InChI is InChI=1S/C11H13Cl2N3O2/c1-7-11(5-17-6-11)18-3-2-16(7)8-4-9(12)14-15-10(8)13/h4,7H,2-3,5-6H2,1H3. The fourth-order valence-electron chi connectivity index (χ4n) is 2.45. The van der Waals surface area contributed by atoms with Crippen molar-refractivity contribution in [1.29, 1.82) is 0 Å². The second-order valence-electron chi connectivity index (χ2n) is 4.62. The molecule has 2 saturated heterocycles. The Kier molecular flexibility index (Phi) is 3.10. The molecule has 0 amide bonds.